The van der Waals surface area contributed by atoms with Gasteiger partial charge in [-0.3, -0.25) is 4.90 Å². The van der Waals surface area contributed by atoms with Gasteiger partial charge in [0.15, 0.2) is 0 Å². The van der Waals surface area contributed by atoms with Crippen molar-refractivity contribution in [3.8, 4) is 0 Å². The van der Waals surface area contributed by atoms with Crippen molar-refractivity contribution in [3.05, 3.63) is 59.0 Å². The van der Waals surface area contributed by atoms with Gasteiger partial charge in [-0.2, -0.15) is 0 Å². The van der Waals surface area contributed by atoms with Crippen LogP contribution in [0.1, 0.15) is 24.3 Å². The average Bonchev–Trinajstić information content (AvgIpc) is 2.84. The van der Waals surface area contributed by atoms with Crippen molar-refractivity contribution in [2.24, 2.45) is 5.73 Å². The van der Waals surface area contributed by atoms with Crippen LogP contribution in [-0.2, 0) is 6.54 Å². The highest BCUT2D eigenvalue weighted by atomic mass is 35.5. The zero-order chi connectivity index (χ0) is 13.8. The third-order valence-corrected chi connectivity index (χ3v) is 3.53. The number of nitrogens with zero attached hydrogens (tertiary/aromatic N) is 1. The SMILES string of the molecule is CC(N)C(c1ccccc1Cl)N(C)Cc1ccco1. The molecule has 19 heavy (non-hydrogen) atoms. The summed E-state index contributed by atoms with van der Waals surface area (Å²) in [5, 5.41) is 0.746. The Labute approximate surface area is 119 Å². The number of halogens is 1. The quantitative estimate of drug-likeness (QED) is 0.911. The number of likely N-dealkylation sites (N-methyl/N-ethyl adjacent to an activating group) is 1. The van der Waals surface area contributed by atoms with E-state index in [0.29, 0.717) is 6.54 Å². The van der Waals surface area contributed by atoms with E-state index in [-0.39, 0.29) is 12.1 Å². The van der Waals surface area contributed by atoms with Gasteiger partial charge in [0.05, 0.1) is 18.8 Å². The summed E-state index contributed by atoms with van der Waals surface area (Å²) in [4.78, 5) is 2.16. The molecule has 2 unspecified atom stereocenters. The molecule has 0 aliphatic rings. The zero-order valence-corrected chi connectivity index (χ0v) is 12.0. The van der Waals surface area contributed by atoms with Crippen molar-refractivity contribution in [1.29, 1.82) is 0 Å². The molecule has 2 rings (SSSR count). The van der Waals surface area contributed by atoms with Crippen LogP contribution in [0.15, 0.2) is 47.1 Å². The molecule has 0 saturated heterocycles. The third kappa shape index (κ3) is 3.38. The van der Waals surface area contributed by atoms with E-state index in [2.05, 4.69) is 4.90 Å². The number of nitrogens with two attached hydrogens (primary N) is 1. The van der Waals surface area contributed by atoms with Crippen molar-refractivity contribution < 1.29 is 4.42 Å². The summed E-state index contributed by atoms with van der Waals surface area (Å²) in [5.41, 5.74) is 7.19. The molecule has 1 aromatic carbocycles. The molecule has 2 aromatic rings. The van der Waals surface area contributed by atoms with Crippen LogP contribution in [0.25, 0.3) is 0 Å². The Morgan fingerprint density at radius 2 is 2.00 bits per heavy atom. The first-order valence-electron chi connectivity index (χ1n) is 6.32. The molecule has 0 amide bonds. The van der Waals surface area contributed by atoms with Crippen molar-refractivity contribution in [2.75, 3.05) is 7.05 Å². The molecule has 3 nitrogen and oxygen atoms in total. The minimum Gasteiger partial charge on any atom is -0.468 e. The van der Waals surface area contributed by atoms with E-state index in [1.807, 2.05) is 50.4 Å². The fourth-order valence-electron chi connectivity index (χ4n) is 2.38. The molecule has 102 valence electrons. The largest absolute Gasteiger partial charge is 0.468 e. The van der Waals surface area contributed by atoms with Gasteiger partial charge in [-0.05, 0) is 37.7 Å². The Morgan fingerprint density at radius 1 is 1.26 bits per heavy atom. The fourth-order valence-corrected chi connectivity index (χ4v) is 2.63. The van der Waals surface area contributed by atoms with E-state index in [0.717, 1.165) is 16.3 Å². The second-order valence-corrected chi connectivity index (χ2v) is 5.23. The summed E-state index contributed by atoms with van der Waals surface area (Å²) in [5.74, 6) is 0.917. The summed E-state index contributed by atoms with van der Waals surface area (Å²) in [6, 6.07) is 11.7. The number of furan rings is 1. The summed E-state index contributed by atoms with van der Waals surface area (Å²) in [7, 11) is 2.03. The highest BCUT2D eigenvalue weighted by Gasteiger charge is 2.23. The van der Waals surface area contributed by atoms with Gasteiger partial charge in [0.25, 0.3) is 0 Å². The van der Waals surface area contributed by atoms with E-state index in [1.54, 1.807) is 6.26 Å². The molecular weight excluding hydrogens is 260 g/mol. The van der Waals surface area contributed by atoms with Crippen LogP contribution < -0.4 is 5.73 Å². The molecule has 0 fully saturated rings. The van der Waals surface area contributed by atoms with Gasteiger partial charge in [-0.1, -0.05) is 29.8 Å². The first-order valence-corrected chi connectivity index (χ1v) is 6.70. The highest BCUT2D eigenvalue weighted by Crippen LogP contribution is 2.29. The van der Waals surface area contributed by atoms with Gasteiger partial charge in [-0.15, -0.1) is 0 Å². The number of hydrogen-bond donors (Lipinski definition) is 1. The lowest BCUT2D eigenvalue weighted by Gasteiger charge is -2.31. The Kier molecular flexibility index (Phi) is 4.64. The Hall–Kier alpha value is -1.29. The minimum atomic E-state index is -0.0279. The molecular formula is C15H19ClN2O. The van der Waals surface area contributed by atoms with Crippen molar-refractivity contribution in [3.63, 3.8) is 0 Å². The minimum absolute atomic E-state index is 0.0279. The molecule has 1 aromatic heterocycles. The first kappa shape index (κ1) is 14.1. The van der Waals surface area contributed by atoms with Crippen molar-refractivity contribution in [1.82, 2.24) is 4.90 Å². The molecule has 0 aliphatic heterocycles. The summed E-state index contributed by atoms with van der Waals surface area (Å²) < 4.78 is 5.38. The summed E-state index contributed by atoms with van der Waals surface area (Å²) in [6.45, 7) is 2.69. The molecule has 0 radical (unpaired) electrons. The van der Waals surface area contributed by atoms with Crippen LogP contribution in [0, 0.1) is 0 Å². The normalized spacial score (nSPS) is 14.6. The standard InChI is InChI=1S/C15H19ClN2O/c1-11(17)15(13-7-3-4-8-14(13)16)18(2)10-12-6-5-9-19-12/h3-9,11,15H,10,17H2,1-2H3. The van der Waals surface area contributed by atoms with E-state index in [4.69, 9.17) is 21.8 Å². The topological polar surface area (TPSA) is 42.4 Å². The fraction of sp³-hybridized carbons (Fsp3) is 0.333. The van der Waals surface area contributed by atoms with Crippen molar-refractivity contribution in [2.45, 2.75) is 25.6 Å². The zero-order valence-electron chi connectivity index (χ0n) is 11.2. The third-order valence-electron chi connectivity index (χ3n) is 3.18. The van der Waals surface area contributed by atoms with Gasteiger partial charge >= 0.3 is 0 Å². The maximum atomic E-state index is 6.28. The van der Waals surface area contributed by atoms with Crippen LogP contribution in [0.4, 0.5) is 0 Å². The van der Waals surface area contributed by atoms with Gasteiger partial charge in [0, 0.05) is 11.1 Å². The molecule has 2 N–H and O–H groups in total. The summed E-state index contributed by atoms with van der Waals surface area (Å²) in [6.07, 6.45) is 1.68. The molecule has 4 heteroatoms. The van der Waals surface area contributed by atoms with Crippen LogP contribution in [0.3, 0.4) is 0 Å². The van der Waals surface area contributed by atoms with E-state index >= 15 is 0 Å². The number of rotatable bonds is 5. The van der Waals surface area contributed by atoms with Crippen LogP contribution in [0.2, 0.25) is 5.02 Å². The predicted octanol–water partition coefficient (Wildman–Crippen LogP) is 3.45. The predicted molar refractivity (Wildman–Crippen MR) is 78.0 cm³/mol. The van der Waals surface area contributed by atoms with Gasteiger partial charge in [-0.25, -0.2) is 0 Å². The molecule has 0 bridgehead atoms. The van der Waals surface area contributed by atoms with Gasteiger partial charge in [0.2, 0.25) is 0 Å². The molecule has 0 spiro atoms. The number of hydrogen-bond acceptors (Lipinski definition) is 3. The first-order chi connectivity index (χ1) is 9.09. The van der Waals surface area contributed by atoms with Gasteiger partial charge < -0.3 is 10.2 Å². The van der Waals surface area contributed by atoms with E-state index in [1.165, 1.54) is 0 Å². The molecule has 0 saturated carbocycles. The van der Waals surface area contributed by atoms with E-state index < -0.39 is 0 Å². The highest BCUT2D eigenvalue weighted by molar-refractivity contribution is 6.31. The Balaban J connectivity index is 2.23. The van der Waals surface area contributed by atoms with Gasteiger partial charge in [0.1, 0.15) is 5.76 Å². The molecule has 2 atom stereocenters. The second kappa shape index (κ2) is 6.24. The lowest BCUT2D eigenvalue weighted by molar-refractivity contribution is 0.196. The molecule has 1 heterocycles. The monoisotopic (exact) mass is 278 g/mol. The second-order valence-electron chi connectivity index (χ2n) is 4.82. The average molecular weight is 279 g/mol. The maximum absolute atomic E-state index is 6.28. The van der Waals surface area contributed by atoms with Crippen molar-refractivity contribution >= 4 is 11.6 Å². The van der Waals surface area contributed by atoms with Crippen LogP contribution in [-0.4, -0.2) is 18.0 Å². The Bertz CT molecular complexity index is 511. The van der Waals surface area contributed by atoms with E-state index in [9.17, 15) is 0 Å². The van der Waals surface area contributed by atoms with Crippen LogP contribution in [0.5, 0.6) is 0 Å². The Morgan fingerprint density at radius 3 is 2.58 bits per heavy atom. The smallest absolute Gasteiger partial charge is 0.117 e. The maximum Gasteiger partial charge on any atom is 0.117 e. The lowest BCUT2D eigenvalue weighted by Crippen LogP contribution is -2.37. The summed E-state index contributed by atoms with van der Waals surface area (Å²) >= 11 is 6.28. The number of benzene rings is 1. The van der Waals surface area contributed by atoms with Crippen LogP contribution >= 0.6 is 11.6 Å². The molecule has 0 aliphatic carbocycles. The lowest BCUT2D eigenvalue weighted by atomic mass is 9.99.